The molecule has 1 aromatic carbocycles. The fourth-order valence-corrected chi connectivity index (χ4v) is 2.21. The van der Waals surface area contributed by atoms with E-state index >= 15 is 0 Å². The lowest BCUT2D eigenvalue weighted by molar-refractivity contribution is -0.121. The van der Waals surface area contributed by atoms with E-state index in [1.54, 1.807) is 31.4 Å². The van der Waals surface area contributed by atoms with E-state index in [2.05, 4.69) is 5.32 Å². The number of carbonyl (C=O) groups excluding carboxylic acids is 1. The highest BCUT2D eigenvalue weighted by Gasteiger charge is 2.41. The summed E-state index contributed by atoms with van der Waals surface area (Å²) in [5.41, 5.74) is 6.58. The van der Waals surface area contributed by atoms with Crippen molar-refractivity contribution in [3.05, 3.63) is 24.3 Å². The molecule has 1 fully saturated rings. The largest absolute Gasteiger partial charge is 0.493 e. The molecule has 1 aliphatic carbocycles. The number of nitrogen functional groups attached to an aromatic ring is 1. The second-order valence-electron chi connectivity index (χ2n) is 5.69. The standard InChI is InChI=1S/C16H24N2O3/c1-20-11-9-16(7-8-16)12-18-15(19)6-10-21-14-4-2-13(17)3-5-14/h2-5H,6-12,17H2,1H3,(H,18,19). The minimum Gasteiger partial charge on any atom is -0.493 e. The van der Waals surface area contributed by atoms with Gasteiger partial charge in [0.1, 0.15) is 5.75 Å². The van der Waals surface area contributed by atoms with Crippen molar-refractivity contribution >= 4 is 11.6 Å². The number of ether oxygens (including phenoxy) is 2. The van der Waals surface area contributed by atoms with E-state index in [1.807, 2.05) is 0 Å². The van der Waals surface area contributed by atoms with Crippen LogP contribution in [0.15, 0.2) is 24.3 Å². The molecular weight excluding hydrogens is 268 g/mol. The van der Waals surface area contributed by atoms with Crippen molar-refractivity contribution in [2.24, 2.45) is 5.41 Å². The summed E-state index contributed by atoms with van der Waals surface area (Å²) < 4.78 is 10.6. The molecule has 0 aliphatic heterocycles. The van der Waals surface area contributed by atoms with E-state index in [0.717, 1.165) is 25.3 Å². The number of anilines is 1. The maximum absolute atomic E-state index is 11.8. The number of hydrogen-bond donors (Lipinski definition) is 2. The number of carbonyl (C=O) groups is 1. The van der Waals surface area contributed by atoms with Crippen LogP contribution in [0.2, 0.25) is 0 Å². The second kappa shape index (κ2) is 7.31. The van der Waals surface area contributed by atoms with Gasteiger partial charge in [0.05, 0.1) is 13.0 Å². The lowest BCUT2D eigenvalue weighted by atomic mass is 10.0. The molecule has 0 aromatic heterocycles. The Morgan fingerprint density at radius 3 is 2.62 bits per heavy atom. The van der Waals surface area contributed by atoms with Gasteiger partial charge in [0.2, 0.25) is 5.91 Å². The molecule has 0 radical (unpaired) electrons. The summed E-state index contributed by atoms with van der Waals surface area (Å²) in [4.78, 5) is 11.8. The molecule has 0 bridgehead atoms. The minimum atomic E-state index is 0.0362. The summed E-state index contributed by atoms with van der Waals surface area (Å²) in [7, 11) is 1.71. The summed E-state index contributed by atoms with van der Waals surface area (Å²) in [5, 5.41) is 3.00. The van der Waals surface area contributed by atoms with Crippen LogP contribution in [0.4, 0.5) is 5.69 Å². The van der Waals surface area contributed by atoms with Crippen molar-refractivity contribution in [3.8, 4) is 5.75 Å². The fourth-order valence-electron chi connectivity index (χ4n) is 2.21. The molecule has 3 N–H and O–H groups in total. The highest BCUT2D eigenvalue weighted by Crippen LogP contribution is 2.48. The number of benzene rings is 1. The molecule has 0 atom stereocenters. The van der Waals surface area contributed by atoms with E-state index in [9.17, 15) is 4.79 Å². The Morgan fingerprint density at radius 2 is 2.00 bits per heavy atom. The van der Waals surface area contributed by atoms with Crippen molar-refractivity contribution in [2.75, 3.05) is 32.6 Å². The van der Waals surface area contributed by atoms with Gasteiger partial charge in [-0.1, -0.05) is 0 Å². The van der Waals surface area contributed by atoms with Crippen LogP contribution in [0.1, 0.15) is 25.7 Å². The van der Waals surface area contributed by atoms with Gasteiger partial charge in [-0.25, -0.2) is 0 Å². The molecule has 1 aromatic rings. The summed E-state index contributed by atoms with van der Waals surface area (Å²) >= 11 is 0. The molecule has 1 aliphatic rings. The predicted molar refractivity (Wildman–Crippen MR) is 82.1 cm³/mol. The molecule has 0 saturated heterocycles. The van der Waals surface area contributed by atoms with Crippen LogP contribution in [0.25, 0.3) is 0 Å². The smallest absolute Gasteiger partial charge is 0.223 e. The van der Waals surface area contributed by atoms with E-state index in [-0.39, 0.29) is 11.3 Å². The van der Waals surface area contributed by atoms with Crippen molar-refractivity contribution in [1.82, 2.24) is 5.32 Å². The van der Waals surface area contributed by atoms with Gasteiger partial charge in [-0.15, -0.1) is 0 Å². The first-order valence-electron chi connectivity index (χ1n) is 7.38. The Morgan fingerprint density at radius 1 is 1.29 bits per heavy atom. The van der Waals surface area contributed by atoms with Crippen molar-refractivity contribution in [2.45, 2.75) is 25.7 Å². The van der Waals surface area contributed by atoms with Crippen LogP contribution in [-0.4, -0.2) is 32.8 Å². The van der Waals surface area contributed by atoms with E-state index in [4.69, 9.17) is 15.2 Å². The summed E-state index contributed by atoms with van der Waals surface area (Å²) in [6.45, 7) is 1.88. The van der Waals surface area contributed by atoms with Gasteiger partial charge in [-0.2, -0.15) is 0 Å². The molecule has 2 rings (SSSR count). The lowest BCUT2D eigenvalue weighted by Gasteiger charge is -2.15. The zero-order chi connectivity index (χ0) is 15.1. The first kappa shape index (κ1) is 15.6. The number of nitrogens with one attached hydrogen (secondary N) is 1. The molecule has 21 heavy (non-hydrogen) atoms. The van der Waals surface area contributed by atoms with Crippen molar-refractivity contribution < 1.29 is 14.3 Å². The summed E-state index contributed by atoms with van der Waals surface area (Å²) in [5.74, 6) is 0.768. The molecular formula is C16H24N2O3. The molecule has 1 amide bonds. The maximum Gasteiger partial charge on any atom is 0.223 e. The first-order chi connectivity index (χ1) is 10.1. The number of methoxy groups -OCH3 is 1. The Labute approximate surface area is 125 Å². The SMILES string of the molecule is COCCC1(CNC(=O)CCOc2ccc(N)cc2)CC1. The van der Waals surface area contributed by atoms with Crippen LogP contribution in [0.5, 0.6) is 5.75 Å². The zero-order valence-corrected chi connectivity index (χ0v) is 12.6. The fraction of sp³-hybridized carbons (Fsp3) is 0.562. The van der Waals surface area contributed by atoms with Gasteiger partial charge in [-0.3, -0.25) is 4.79 Å². The zero-order valence-electron chi connectivity index (χ0n) is 12.6. The van der Waals surface area contributed by atoms with Crippen LogP contribution in [0.3, 0.4) is 0 Å². The predicted octanol–water partition coefficient (Wildman–Crippen LogP) is 1.97. The second-order valence-corrected chi connectivity index (χ2v) is 5.69. The number of nitrogens with two attached hydrogens (primary N) is 1. The molecule has 5 nitrogen and oxygen atoms in total. The number of rotatable bonds is 9. The van der Waals surface area contributed by atoms with Crippen LogP contribution >= 0.6 is 0 Å². The first-order valence-corrected chi connectivity index (χ1v) is 7.38. The normalized spacial score (nSPS) is 15.5. The highest BCUT2D eigenvalue weighted by atomic mass is 16.5. The average Bonchev–Trinajstić information content (AvgIpc) is 3.26. The Bertz CT molecular complexity index is 455. The Balaban J connectivity index is 1.60. The van der Waals surface area contributed by atoms with Crippen LogP contribution in [0, 0.1) is 5.41 Å². The third-order valence-corrected chi connectivity index (χ3v) is 3.93. The van der Waals surface area contributed by atoms with Crippen molar-refractivity contribution in [3.63, 3.8) is 0 Å². The minimum absolute atomic E-state index is 0.0362. The molecule has 116 valence electrons. The summed E-state index contributed by atoms with van der Waals surface area (Å²) in [6, 6.07) is 7.17. The van der Waals surface area contributed by atoms with Crippen LogP contribution < -0.4 is 15.8 Å². The third kappa shape index (κ3) is 5.27. The monoisotopic (exact) mass is 292 g/mol. The molecule has 0 unspecified atom stereocenters. The van der Waals surface area contributed by atoms with Gasteiger partial charge in [0.25, 0.3) is 0 Å². The van der Waals surface area contributed by atoms with E-state index in [1.165, 1.54) is 12.8 Å². The third-order valence-electron chi connectivity index (χ3n) is 3.93. The average molecular weight is 292 g/mol. The Hall–Kier alpha value is -1.75. The van der Waals surface area contributed by atoms with Crippen molar-refractivity contribution in [1.29, 1.82) is 0 Å². The molecule has 0 heterocycles. The topological polar surface area (TPSA) is 73.6 Å². The van der Waals surface area contributed by atoms with E-state index < -0.39 is 0 Å². The van der Waals surface area contributed by atoms with Crippen LogP contribution in [-0.2, 0) is 9.53 Å². The van der Waals surface area contributed by atoms with Gasteiger partial charge < -0.3 is 20.5 Å². The molecule has 5 heteroatoms. The number of amides is 1. The van der Waals surface area contributed by atoms with E-state index in [0.29, 0.717) is 18.7 Å². The summed E-state index contributed by atoms with van der Waals surface area (Å²) in [6.07, 6.45) is 3.74. The molecule has 1 saturated carbocycles. The van der Waals surface area contributed by atoms with Gasteiger partial charge in [0.15, 0.2) is 0 Å². The van der Waals surface area contributed by atoms with Gasteiger partial charge >= 0.3 is 0 Å². The Kier molecular flexibility index (Phi) is 5.44. The highest BCUT2D eigenvalue weighted by molar-refractivity contribution is 5.76. The lowest BCUT2D eigenvalue weighted by Crippen LogP contribution is -2.31. The van der Waals surface area contributed by atoms with Gasteiger partial charge in [0, 0.05) is 25.9 Å². The number of hydrogen-bond acceptors (Lipinski definition) is 4. The molecule has 0 spiro atoms. The quantitative estimate of drug-likeness (QED) is 0.682. The van der Waals surface area contributed by atoms with Gasteiger partial charge in [-0.05, 0) is 48.9 Å². The maximum atomic E-state index is 11.8.